The number of carbonyl (C=O) groups excluding carboxylic acids is 1. The average molecular weight is 614 g/mol. The zero-order valence-electron chi connectivity index (χ0n) is 24.1. The van der Waals surface area contributed by atoms with Gasteiger partial charge in [0.2, 0.25) is 0 Å². The van der Waals surface area contributed by atoms with Crippen molar-refractivity contribution in [1.82, 2.24) is 0 Å². The van der Waals surface area contributed by atoms with E-state index in [0.717, 1.165) is 17.7 Å². The first-order chi connectivity index (χ1) is 21.9. The van der Waals surface area contributed by atoms with E-state index in [0.29, 0.717) is 46.0 Å². The number of benzene rings is 5. The first kappa shape index (κ1) is 31.3. The van der Waals surface area contributed by atoms with Gasteiger partial charge in [-0.2, -0.15) is 0 Å². The number of hydrogen-bond acceptors (Lipinski definition) is 5. The summed E-state index contributed by atoms with van der Waals surface area (Å²) in [6.45, 7) is 0.744. The van der Waals surface area contributed by atoms with Crippen molar-refractivity contribution in [3.63, 3.8) is 0 Å². The van der Waals surface area contributed by atoms with Crippen LogP contribution in [0.2, 0.25) is 0 Å². The molecule has 0 fully saturated rings. The summed E-state index contributed by atoms with van der Waals surface area (Å²) in [5, 5.41) is 12.1. The van der Waals surface area contributed by atoms with Crippen molar-refractivity contribution in [3.05, 3.63) is 138 Å². The molecule has 230 valence electrons. The Hall–Kier alpha value is -5.12. The molecule has 0 saturated carbocycles. The normalized spacial score (nSPS) is 10.8. The highest BCUT2D eigenvalue weighted by Gasteiger charge is 2.16. The molecular weight excluding hydrogens is 583 g/mol. The Bertz CT molecular complexity index is 1750. The standard InChI is InChI=1S/C36H30F3NO5/c37-28-10-6-25(7-11-28)31-22-29(12-15-35(31)44-17-16-41)40-36(42)27-9-14-34(30(20-27)26-8-13-32(38)33(39)21-26)45-19-18-43-23-24-4-2-1-3-5-24/h1-15,20-22,41H,16-19,23H2,(H,40,42). The van der Waals surface area contributed by atoms with Crippen molar-refractivity contribution in [2.24, 2.45) is 0 Å². The lowest BCUT2D eigenvalue weighted by molar-refractivity contribution is 0.0890. The molecule has 5 aromatic carbocycles. The zero-order valence-corrected chi connectivity index (χ0v) is 24.1. The van der Waals surface area contributed by atoms with Crippen LogP contribution in [0.4, 0.5) is 18.9 Å². The Morgan fingerprint density at radius 1 is 0.667 bits per heavy atom. The second-order valence-corrected chi connectivity index (χ2v) is 9.97. The summed E-state index contributed by atoms with van der Waals surface area (Å²) >= 11 is 0. The number of halogens is 3. The number of carbonyl (C=O) groups is 1. The average Bonchev–Trinajstić information content (AvgIpc) is 3.06. The van der Waals surface area contributed by atoms with E-state index in [-0.39, 0.29) is 32.0 Å². The number of aliphatic hydroxyl groups is 1. The summed E-state index contributed by atoms with van der Waals surface area (Å²) in [5.74, 6) is -2.08. The van der Waals surface area contributed by atoms with Crippen LogP contribution in [-0.4, -0.2) is 37.4 Å². The van der Waals surface area contributed by atoms with Crippen LogP contribution in [0, 0.1) is 17.5 Å². The van der Waals surface area contributed by atoms with Gasteiger partial charge in [-0.3, -0.25) is 4.79 Å². The number of rotatable bonds is 13. The molecule has 0 aliphatic rings. The minimum atomic E-state index is -1.03. The van der Waals surface area contributed by atoms with Gasteiger partial charge in [0.1, 0.15) is 30.5 Å². The van der Waals surface area contributed by atoms with Crippen LogP contribution in [0.5, 0.6) is 11.5 Å². The third-order valence-corrected chi connectivity index (χ3v) is 6.81. The Morgan fingerprint density at radius 2 is 1.36 bits per heavy atom. The van der Waals surface area contributed by atoms with Gasteiger partial charge in [-0.1, -0.05) is 48.5 Å². The molecule has 0 spiro atoms. The minimum absolute atomic E-state index is 0.0558. The predicted octanol–water partition coefficient (Wildman–Crippen LogP) is 7.66. The Morgan fingerprint density at radius 3 is 2.09 bits per heavy atom. The van der Waals surface area contributed by atoms with E-state index in [4.69, 9.17) is 14.2 Å². The second-order valence-electron chi connectivity index (χ2n) is 9.97. The number of amides is 1. The van der Waals surface area contributed by atoms with Gasteiger partial charge in [-0.15, -0.1) is 0 Å². The molecule has 0 unspecified atom stereocenters. The van der Waals surface area contributed by atoms with Crippen LogP contribution in [0.25, 0.3) is 22.3 Å². The van der Waals surface area contributed by atoms with Crippen LogP contribution in [0.1, 0.15) is 15.9 Å². The highest BCUT2D eigenvalue weighted by molar-refractivity contribution is 6.05. The van der Waals surface area contributed by atoms with Crippen LogP contribution in [0.3, 0.4) is 0 Å². The molecule has 2 N–H and O–H groups in total. The molecule has 1 amide bonds. The molecule has 6 nitrogen and oxygen atoms in total. The SMILES string of the molecule is O=C(Nc1ccc(OCCO)c(-c2ccc(F)cc2)c1)c1ccc(OCCOCc2ccccc2)c(-c2ccc(F)c(F)c2)c1. The van der Waals surface area contributed by atoms with Crippen molar-refractivity contribution in [1.29, 1.82) is 0 Å². The van der Waals surface area contributed by atoms with E-state index < -0.39 is 23.4 Å². The van der Waals surface area contributed by atoms with E-state index >= 15 is 0 Å². The first-order valence-electron chi connectivity index (χ1n) is 14.2. The van der Waals surface area contributed by atoms with Crippen molar-refractivity contribution in [3.8, 4) is 33.8 Å². The highest BCUT2D eigenvalue weighted by Crippen LogP contribution is 2.35. The van der Waals surface area contributed by atoms with E-state index in [1.165, 1.54) is 18.2 Å². The number of hydrogen-bond donors (Lipinski definition) is 2. The maximum Gasteiger partial charge on any atom is 0.255 e. The van der Waals surface area contributed by atoms with Crippen molar-refractivity contribution in [2.75, 3.05) is 31.7 Å². The number of aliphatic hydroxyl groups excluding tert-OH is 1. The monoisotopic (exact) mass is 613 g/mol. The fraction of sp³-hybridized carbons (Fsp3) is 0.139. The van der Waals surface area contributed by atoms with Crippen molar-refractivity contribution < 1.29 is 37.3 Å². The molecule has 5 rings (SSSR count). The molecule has 0 radical (unpaired) electrons. The molecule has 0 saturated heterocycles. The summed E-state index contributed by atoms with van der Waals surface area (Å²) in [7, 11) is 0. The fourth-order valence-corrected chi connectivity index (χ4v) is 4.61. The lowest BCUT2D eigenvalue weighted by Gasteiger charge is -2.15. The maximum atomic E-state index is 14.2. The third kappa shape index (κ3) is 8.29. The molecule has 0 atom stereocenters. The van der Waals surface area contributed by atoms with Crippen LogP contribution in [-0.2, 0) is 11.3 Å². The fourth-order valence-electron chi connectivity index (χ4n) is 4.61. The Labute approximate surface area is 258 Å². The Balaban J connectivity index is 1.36. The van der Waals surface area contributed by atoms with Gasteiger partial charge in [-0.05, 0) is 77.4 Å². The molecular formula is C36H30F3NO5. The third-order valence-electron chi connectivity index (χ3n) is 6.81. The van der Waals surface area contributed by atoms with E-state index in [2.05, 4.69) is 5.32 Å². The van der Waals surface area contributed by atoms with Crippen molar-refractivity contribution in [2.45, 2.75) is 6.61 Å². The topological polar surface area (TPSA) is 77.0 Å². The molecule has 45 heavy (non-hydrogen) atoms. The summed E-state index contributed by atoms with van der Waals surface area (Å²) in [6, 6.07) is 28.6. The lowest BCUT2D eigenvalue weighted by Crippen LogP contribution is -2.13. The van der Waals surface area contributed by atoms with Crippen LogP contribution >= 0.6 is 0 Å². The number of nitrogens with one attached hydrogen (secondary N) is 1. The summed E-state index contributed by atoms with van der Waals surface area (Å²) in [4.78, 5) is 13.4. The quantitative estimate of drug-likeness (QED) is 0.133. The smallest absolute Gasteiger partial charge is 0.255 e. The van der Waals surface area contributed by atoms with Gasteiger partial charge in [0, 0.05) is 22.4 Å². The lowest BCUT2D eigenvalue weighted by atomic mass is 10.0. The Kier molecular flexibility index (Phi) is 10.5. The van der Waals surface area contributed by atoms with E-state index in [1.807, 2.05) is 30.3 Å². The molecule has 9 heteroatoms. The maximum absolute atomic E-state index is 14.2. The van der Waals surface area contributed by atoms with E-state index in [1.54, 1.807) is 48.5 Å². The van der Waals surface area contributed by atoms with Crippen LogP contribution in [0.15, 0.2) is 109 Å². The molecule has 0 aliphatic carbocycles. The molecule has 0 aromatic heterocycles. The summed E-state index contributed by atoms with van der Waals surface area (Å²) < 4.78 is 58.8. The largest absolute Gasteiger partial charge is 0.491 e. The zero-order chi connectivity index (χ0) is 31.6. The predicted molar refractivity (Wildman–Crippen MR) is 166 cm³/mol. The summed E-state index contributed by atoms with van der Waals surface area (Å²) in [6.07, 6.45) is 0. The molecule has 5 aromatic rings. The number of anilines is 1. The second kappa shape index (κ2) is 15.1. The van der Waals surface area contributed by atoms with E-state index in [9.17, 15) is 23.1 Å². The van der Waals surface area contributed by atoms with Crippen molar-refractivity contribution >= 4 is 11.6 Å². The highest BCUT2D eigenvalue weighted by atomic mass is 19.2. The molecule has 0 aliphatic heterocycles. The van der Waals surface area contributed by atoms with Gasteiger partial charge < -0.3 is 24.6 Å². The van der Waals surface area contributed by atoms with Crippen LogP contribution < -0.4 is 14.8 Å². The van der Waals surface area contributed by atoms with Gasteiger partial charge in [-0.25, -0.2) is 13.2 Å². The minimum Gasteiger partial charge on any atom is -0.491 e. The first-order valence-corrected chi connectivity index (χ1v) is 14.2. The molecule has 0 bridgehead atoms. The van der Waals surface area contributed by atoms with Gasteiger partial charge in [0.15, 0.2) is 11.6 Å². The summed E-state index contributed by atoms with van der Waals surface area (Å²) in [5.41, 5.74) is 3.65. The van der Waals surface area contributed by atoms with Gasteiger partial charge >= 0.3 is 0 Å². The van der Waals surface area contributed by atoms with Gasteiger partial charge in [0.25, 0.3) is 5.91 Å². The number of ether oxygens (including phenoxy) is 3. The molecule has 0 heterocycles. The van der Waals surface area contributed by atoms with Gasteiger partial charge in [0.05, 0.1) is 19.8 Å².